The van der Waals surface area contributed by atoms with Crippen molar-refractivity contribution in [2.75, 3.05) is 51.0 Å². The van der Waals surface area contributed by atoms with Crippen molar-refractivity contribution in [3.8, 4) is 17.6 Å². The molecule has 0 bridgehead atoms. The van der Waals surface area contributed by atoms with E-state index in [1.807, 2.05) is 18.2 Å². The lowest BCUT2D eigenvalue weighted by atomic mass is 10.1. The Hall–Kier alpha value is -3.53. The van der Waals surface area contributed by atoms with E-state index >= 15 is 0 Å². The number of nitrogens with one attached hydrogen (secondary N) is 3. The van der Waals surface area contributed by atoms with E-state index < -0.39 is 11.6 Å². The highest BCUT2D eigenvalue weighted by Gasteiger charge is 2.56. The molecule has 42 heavy (non-hydrogen) atoms. The largest absolute Gasteiger partial charge is 0.495 e. The van der Waals surface area contributed by atoms with Crippen LogP contribution in [0.4, 0.5) is 24.7 Å². The van der Waals surface area contributed by atoms with Gasteiger partial charge in [-0.05, 0) is 74.7 Å². The van der Waals surface area contributed by atoms with Crippen LogP contribution in [0.2, 0.25) is 0 Å². The standard InChI is InChI=1S/C30H35F3N6O2S/c1-19(40)17-35-20(2)21-10-11-23(26(15-21)41-4)34-13-6-7-24-28(42-30(31,32)33)25-8-5-9-27(39(25)37-24)36-29-12-14-38(3)18-22(29)16-29/h5,8-11,15,19,22,34-36,40H,2,12-14,16-18H2,1,3-4H3. The second-order valence-electron chi connectivity index (χ2n) is 10.9. The van der Waals surface area contributed by atoms with Crippen molar-refractivity contribution in [2.45, 2.75) is 41.8 Å². The number of hydrogen-bond donors (Lipinski definition) is 4. The molecule has 0 radical (unpaired) electrons. The molecule has 3 aromatic rings. The highest BCUT2D eigenvalue weighted by Crippen LogP contribution is 2.51. The van der Waals surface area contributed by atoms with Crippen molar-refractivity contribution >= 4 is 34.5 Å². The molecule has 1 saturated heterocycles. The summed E-state index contributed by atoms with van der Waals surface area (Å²) in [5.74, 6) is 7.52. The van der Waals surface area contributed by atoms with E-state index in [0.29, 0.717) is 40.9 Å². The zero-order valence-electron chi connectivity index (χ0n) is 23.8. The minimum Gasteiger partial charge on any atom is -0.495 e. The van der Waals surface area contributed by atoms with Crippen LogP contribution in [0, 0.1) is 17.8 Å². The smallest absolute Gasteiger partial charge is 0.446 e. The van der Waals surface area contributed by atoms with E-state index in [2.05, 4.69) is 51.4 Å². The second kappa shape index (κ2) is 12.0. The number of ether oxygens (including phenoxy) is 1. The molecule has 0 spiro atoms. The van der Waals surface area contributed by atoms with Crippen LogP contribution in [0.5, 0.6) is 5.75 Å². The molecule has 0 amide bonds. The summed E-state index contributed by atoms with van der Waals surface area (Å²) in [5.41, 5.74) is -1.98. The molecule has 3 heterocycles. The molecule has 3 atom stereocenters. The van der Waals surface area contributed by atoms with Gasteiger partial charge in [0, 0.05) is 36.4 Å². The molecule has 2 aliphatic rings. The quantitative estimate of drug-likeness (QED) is 0.194. The van der Waals surface area contributed by atoms with Gasteiger partial charge >= 0.3 is 5.51 Å². The number of aliphatic hydroxyl groups excluding tert-OH is 1. The Kier molecular flexibility index (Phi) is 8.55. The summed E-state index contributed by atoms with van der Waals surface area (Å²) in [5, 5.41) is 23.9. The van der Waals surface area contributed by atoms with E-state index in [-0.39, 0.29) is 34.4 Å². The van der Waals surface area contributed by atoms with Gasteiger partial charge in [0.25, 0.3) is 0 Å². The lowest BCUT2D eigenvalue weighted by Crippen LogP contribution is -2.39. The number of likely N-dealkylation sites (tertiary alicyclic amines) is 1. The van der Waals surface area contributed by atoms with Gasteiger partial charge < -0.3 is 30.7 Å². The Morgan fingerprint density at radius 1 is 1.33 bits per heavy atom. The van der Waals surface area contributed by atoms with Crippen molar-refractivity contribution < 1.29 is 23.0 Å². The number of anilines is 2. The molecule has 8 nitrogen and oxygen atoms in total. The van der Waals surface area contributed by atoms with E-state index in [9.17, 15) is 18.3 Å². The van der Waals surface area contributed by atoms with Gasteiger partial charge in [-0.3, -0.25) is 0 Å². The molecule has 1 aliphatic carbocycles. The highest BCUT2D eigenvalue weighted by molar-refractivity contribution is 8.00. The summed E-state index contributed by atoms with van der Waals surface area (Å²) < 4.78 is 47.8. The second-order valence-corrected chi connectivity index (χ2v) is 12.0. The zero-order chi connectivity index (χ0) is 30.1. The number of pyridine rings is 1. The average Bonchev–Trinajstić information content (AvgIpc) is 3.53. The highest BCUT2D eigenvalue weighted by atomic mass is 32.2. The third-order valence-corrected chi connectivity index (χ3v) is 8.48. The Morgan fingerprint density at radius 3 is 2.86 bits per heavy atom. The number of halogens is 3. The van der Waals surface area contributed by atoms with E-state index in [1.165, 1.54) is 0 Å². The van der Waals surface area contributed by atoms with Crippen molar-refractivity contribution in [2.24, 2.45) is 5.92 Å². The lowest BCUT2D eigenvalue weighted by molar-refractivity contribution is -0.0327. The molecule has 1 aliphatic heterocycles. The van der Waals surface area contributed by atoms with Gasteiger partial charge in [0.1, 0.15) is 17.3 Å². The fraction of sp³-hybridized carbons (Fsp3) is 0.433. The molecule has 1 aromatic carbocycles. The lowest BCUT2D eigenvalue weighted by Gasteiger charge is -2.30. The molecular weight excluding hydrogens is 565 g/mol. The first-order chi connectivity index (χ1) is 20.0. The van der Waals surface area contributed by atoms with Gasteiger partial charge in [0.15, 0.2) is 0 Å². The SMILES string of the molecule is C=C(NCC(C)O)c1ccc(NCC#Cc2nn3c(NC45CCN(C)CC4C5)cccc3c2SC(F)(F)F)c(OC)c1. The molecule has 224 valence electrons. The normalized spacial score (nSPS) is 20.7. The first-order valence-corrected chi connectivity index (χ1v) is 14.6. The predicted molar refractivity (Wildman–Crippen MR) is 161 cm³/mol. The molecule has 2 fully saturated rings. The predicted octanol–water partition coefficient (Wildman–Crippen LogP) is 4.87. The van der Waals surface area contributed by atoms with Gasteiger partial charge in [-0.15, -0.1) is 0 Å². The number of fused-ring (bicyclic) bond motifs is 2. The zero-order valence-corrected chi connectivity index (χ0v) is 24.6. The number of nitrogens with zero attached hydrogens (tertiary/aromatic N) is 3. The summed E-state index contributed by atoms with van der Waals surface area (Å²) in [6, 6.07) is 10.7. The third-order valence-electron chi connectivity index (χ3n) is 7.65. The van der Waals surface area contributed by atoms with Crippen LogP contribution in [0.25, 0.3) is 11.2 Å². The molecule has 3 unspecified atom stereocenters. The van der Waals surface area contributed by atoms with Crippen LogP contribution in [-0.2, 0) is 0 Å². The van der Waals surface area contributed by atoms with Crippen molar-refractivity contribution in [3.05, 3.63) is 54.2 Å². The molecule has 1 saturated carbocycles. The Balaban J connectivity index is 1.35. The maximum absolute atomic E-state index is 13.6. The third kappa shape index (κ3) is 6.75. The van der Waals surface area contributed by atoms with E-state index in [4.69, 9.17) is 4.74 Å². The van der Waals surface area contributed by atoms with Crippen LogP contribution < -0.4 is 20.7 Å². The number of piperidine rings is 1. The number of aliphatic hydroxyl groups is 1. The first kappa shape index (κ1) is 29.9. The van der Waals surface area contributed by atoms with E-state index in [0.717, 1.165) is 31.5 Å². The van der Waals surface area contributed by atoms with Crippen LogP contribution in [0.3, 0.4) is 0 Å². The van der Waals surface area contributed by atoms with Crippen LogP contribution in [0.1, 0.15) is 31.0 Å². The number of hydrogen-bond acceptors (Lipinski definition) is 8. The number of rotatable bonds is 10. The fourth-order valence-electron chi connectivity index (χ4n) is 5.36. The number of methoxy groups -OCH3 is 1. The van der Waals surface area contributed by atoms with Gasteiger partial charge in [-0.25, -0.2) is 4.52 Å². The summed E-state index contributed by atoms with van der Waals surface area (Å²) in [6.07, 6.45) is 1.50. The van der Waals surface area contributed by atoms with Gasteiger partial charge in [-0.1, -0.05) is 24.6 Å². The topological polar surface area (TPSA) is 86.1 Å². The van der Waals surface area contributed by atoms with Crippen molar-refractivity contribution in [1.29, 1.82) is 0 Å². The molecule has 2 aromatic heterocycles. The number of aromatic nitrogens is 2. The molecule has 12 heteroatoms. The molecule has 4 N–H and O–H groups in total. The van der Waals surface area contributed by atoms with Crippen LogP contribution in [-0.4, -0.2) is 77.1 Å². The Morgan fingerprint density at radius 2 is 2.14 bits per heavy atom. The maximum atomic E-state index is 13.6. The van der Waals surface area contributed by atoms with Crippen LogP contribution in [0.15, 0.2) is 47.9 Å². The minimum absolute atomic E-state index is 0.0167. The summed E-state index contributed by atoms with van der Waals surface area (Å²) in [7, 11) is 3.65. The minimum atomic E-state index is -4.49. The molecule has 5 rings (SSSR count). The average molecular weight is 601 g/mol. The van der Waals surface area contributed by atoms with Crippen molar-refractivity contribution in [1.82, 2.24) is 19.8 Å². The summed E-state index contributed by atoms with van der Waals surface area (Å²) in [4.78, 5) is 2.29. The summed E-state index contributed by atoms with van der Waals surface area (Å²) >= 11 is -0.192. The number of alkyl halides is 3. The first-order valence-electron chi connectivity index (χ1n) is 13.7. The Labute approximate surface area is 247 Å². The monoisotopic (exact) mass is 600 g/mol. The Bertz CT molecular complexity index is 1530. The maximum Gasteiger partial charge on any atom is 0.446 e. The van der Waals surface area contributed by atoms with Gasteiger partial charge in [-0.2, -0.15) is 18.3 Å². The van der Waals surface area contributed by atoms with Gasteiger partial charge in [0.2, 0.25) is 0 Å². The number of benzene rings is 1. The fourth-order valence-corrected chi connectivity index (χ4v) is 6.04. The molecular formula is C30H35F3N6O2S. The van der Waals surface area contributed by atoms with Crippen LogP contribution >= 0.6 is 11.8 Å². The van der Waals surface area contributed by atoms with Gasteiger partial charge in [0.05, 0.1) is 35.9 Å². The summed E-state index contributed by atoms with van der Waals surface area (Å²) in [6.45, 7) is 8.17. The number of thioether (sulfide) groups is 1. The van der Waals surface area contributed by atoms with Crippen molar-refractivity contribution in [3.63, 3.8) is 0 Å². The van der Waals surface area contributed by atoms with E-state index in [1.54, 1.807) is 36.7 Å².